The van der Waals surface area contributed by atoms with Crippen molar-refractivity contribution < 1.29 is 14.3 Å². The van der Waals surface area contributed by atoms with Crippen LogP contribution < -0.4 is 4.90 Å². The van der Waals surface area contributed by atoms with Gasteiger partial charge in [-0.2, -0.15) is 5.10 Å². The normalized spacial score (nSPS) is 28.7. The molecule has 1 aromatic rings. The second kappa shape index (κ2) is 5.89. The molecule has 0 radical (unpaired) electrons. The van der Waals surface area contributed by atoms with Crippen molar-refractivity contribution in [2.75, 3.05) is 44.4 Å². The summed E-state index contributed by atoms with van der Waals surface area (Å²) in [6, 6.07) is 0.562. The van der Waals surface area contributed by atoms with Crippen LogP contribution in [0.4, 0.5) is 5.69 Å². The second-order valence-corrected chi connectivity index (χ2v) is 6.88. The molecule has 0 aliphatic carbocycles. The fourth-order valence-electron chi connectivity index (χ4n) is 3.91. The average Bonchev–Trinajstić information content (AvgIpc) is 3.22. The molecule has 23 heavy (non-hydrogen) atoms. The molecule has 3 aliphatic rings. The lowest BCUT2D eigenvalue weighted by molar-refractivity contribution is -0.145. The molecule has 1 atom stereocenters. The number of amides is 1. The summed E-state index contributed by atoms with van der Waals surface area (Å²) in [6.45, 7) is 4.57. The SMILES string of the molecule is Cn1cc(N2CC3(CCN(C4CCOC4)CC3)OCC2=O)cn1. The number of aryl methyl sites for hydroxylation is 1. The zero-order valence-electron chi connectivity index (χ0n) is 13.6. The molecule has 3 aliphatic heterocycles. The Morgan fingerprint density at radius 2 is 2.17 bits per heavy atom. The molecule has 1 unspecified atom stereocenters. The van der Waals surface area contributed by atoms with Gasteiger partial charge >= 0.3 is 0 Å². The van der Waals surface area contributed by atoms with Crippen molar-refractivity contribution in [3.8, 4) is 0 Å². The van der Waals surface area contributed by atoms with E-state index in [1.807, 2.05) is 18.1 Å². The van der Waals surface area contributed by atoms with E-state index in [9.17, 15) is 4.79 Å². The molecule has 0 N–H and O–H groups in total. The first-order chi connectivity index (χ1) is 11.2. The number of piperidine rings is 1. The number of aromatic nitrogens is 2. The topological polar surface area (TPSA) is 59.8 Å². The van der Waals surface area contributed by atoms with Crippen molar-refractivity contribution >= 4 is 11.6 Å². The van der Waals surface area contributed by atoms with Crippen LogP contribution in [0.3, 0.4) is 0 Å². The van der Waals surface area contributed by atoms with Crippen molar-refractivity contribution in [1.29, 1.82) is 0 Å². The summed E-state index contributed by atoms with van der Waals surface area (Å²) < 4.78 is 13.2. The first-order valence-electron chi connectivity index (χ1n) is 8.40. The van der Waals surface area contributed by atoms with Crippen molar-refractivity contribution in [2.24, 2.45) is 7.05 Å². The van der Waals surface area contributed by atoms with E-state index >= 15 is 0 Å². The zero-order chi connectivity index (χ0) is 15.9. The lowest BCUT2D eigenvalue weighted by Crippen LogP contribution is -2.59. The first-order valence-corrected chi connectivity index (χ1v) is 8.40. The predicted octanol–water partition coefficient (Wildman–Crippen LogP) is 0.407. The molecule has 7 nitrogen and oxygen atoms in total. The maximum Gasteiger partial charge on any atom is 0.253 e. The molecule has 0 bridgehead atoms. The summed E-state index contributed by atoms with van der Waals surface area (Å²) in [4.78, 5) is 16.6. The number of morpholine rings is 1. The molecule has 3 saturated heterocycles. The van der Waals surface area contributed by atoms with Crippen LogP contribution in [0.2, 0.25) is 0 Å². The summed E-state index contributed by atoms with van der Waals surface area (Å²) in [5, 5.41) is 4.18. The van der Waals surface area contributed by atoms with Crippen molar-refractivity contribution in [1.82, 2.24) is 14.7 Å². The van der Waals surface area contributed by atoms with E-state index in [4.69, 9.17) is 9.47 Å². The Balaban J connectivity index is 1.44. The van der Waals surface area contributed by atoms with Crippen LogP contribution in [-0.2, 0) is 21.3 Å². The van der Waals surface area contributed by atoms with E-state index in [1.165, 1.54) is 0 Å². The van der Waals surface area contributed by atoms with E-state index in [1.54, 1.807) is 10.9 Å². The zero-order valence-corrected chi connectivity index (χ0v) is 13.6. The maximum atomic E-state index is 12.2. The number of hydrogen-bond donors (Lipinski definition) is 0. The average molecular weight is 320 g/mol. The Labute approximate surface area is 136 Å². The molecule has 1 amide bonds. The summed E-state index contributed by atoms with van der Waals surface area (Å²) in [7, 11) is 1.87. The smallest absolute Gasteiger partial charge is 0.253 e. The minimum Gasteiger partial charge on any atom is -0.380 e. The Morgan fingerprint density at radius 3 is 2.83 bits per heavy atom. The standard InChI is InChI=1S/C16H24N4O3/c1-18-9-14(8-17-18)20-12-16(23-11-15(20)21)3-5-19(6-4-16)13-2-7-22-10-13/h8-9,13H,2-7,10-12H2,1H3. The number of carbonyl (C=O) groups is 1. The quantitative estimate of drug-likeness (QED) is 0.790. The monoisotopic (exact) mass is 320 g/mol. The molecule has 4 rings (SSSR count). The maximum absolute atomic E-state index is 12.2. The number of rotatable bonds is 2. The van der Waals surface area contributed by atoms with Gasteiger partial charge in [-0.25, -0.2) is 0 Å². The van der Waals surface area contributed by atoms with E-state index in [0.29, 0.717) is 12.6 Å². The molecular formula is C16H24N4O3. The summed E-state index contributed by atoms with van der Waals surface area (Å²) >= 11 is 0. The van der Waals surface area contributed by atoms with Gasteiger partial charge in [-0.3, -0.25) is 14.4 Å². The van der Waals surface area contributed by atoms with E-state index in [0.717, 1.165) is 51.3 Å². The number of nitrogens with zero attached hydrogens (tertiary/aromatic N) is 4. The minimum absolute atomic E-state index is 0.0234. The van der Waals surface area contributed by atoms with Gasteiger partial charge in [-0.15, -0.1) is 0 Å². The third-order valence-electron chi connectivity index (χ3n) is 5.38. The molecule has 3 fully saturated rings. The van der Waals surface area contributed by atoms with Gasteiger partial charge < -0.3 is 14.4 Å². The van der Waals surface area contributed by atoms with Gasteiger partial charge in [0.25, 0.3) is 5.91 Å². The summed E-state index contributed by atoms with van der Waals surface area (Å²) in [5.74, 6) is 0.0234. The fourth-order valence-corrected chi connectivity index (χ4v) is 3.91. The molecule has 7 heteroatoms. The highest BCUT2D eigenvalue weighted by atomic mass is 16.5. The van der Waals surface area contributed by atoms with Crippen LogP contribution in [0, 0.1) is 0 Å². The first kappa shape index (κ1) is 15.1. The van der Waals surface area contributed by atoms with Crippen LogP contribution >= 0.6 is 0 Å². The van der Waals surface area contributed by atoms with Crippen LogP contribution in [0.1, 0.15) is 19.3 Å². The lowest BCUT2D eigenvalue weighted by atomic mass is 9.88. The number of hydrogen-bond acceptors (Lipinski definition) is 5. The Kier molecular flexibility index (Phi) is 3.87. The van der Waals surface area contributed by atoms with E-state index < -0.39 is 0 Å². The van der Waals surface area contributed by atoms with Gasteiger partial charge in [-0.1, -0.05) is 0 Å². The van der Waals surface area contributed by atoms with Gasteiger partial charge in [0.15, 0.2) is 0 Å². The molecule has 126 valence electrons. The fraction of sp³-hybridized carbons (Fsp3) is 0.750. The molecule has 0 saturated carbocycles. The van der Waals surface area contributed by atoms with Gasteiger partial charge in [-0.05, 0) is 19.3 Å². The largest absolute Gasteiger partial charge is 0.380 e. The molecule has 4 heterocycles. The Bertz CT molecular complexity index is 574. The molecule has 0 aromatic carbocycles. The molecule has 1 spiro atoms. The summed E-state index contributed by atoms with van der Waals surface area (Å²) in [5.41, 5.74) is 0.659. The van der Waals surface area contributed by atoms with Crippen molar-refractivity contribution in [2.45, 2.75) is 30.9 Å². The Morgan fingerprint density at radius 1 is 1.35 bits per heavy atom. The third kappa shape index (κ3) is 2.88. The highest BCUT2D eigenvalue weighted by Crippen LogP contribution is 2.33. The molecular weight excluding hydrogens is 296 g/mol. The van der Waals surface area contributed by atoms with Crippen molar-refractivity contribution in [3.05, 3.63) is 12.4 Å². The van der Waals surface area contributed by atoms with Gasteiger partial charge in [0, 0.05) is 39.0 Å². The van der Waals surface area contributed by atoms with Crippen LogP contribution in [0.15, 0.2) is 12.4 Å². The van der Waals surface area contributed by atoms with Crippen LogP contribution in [-0.4, -0.2) is 71.7 Å². The van der Waals surface area contributed by atoms with Crippen LogP contribution in [0.5, 0.6) is 0 Å². The van der Waals surface area contributed by atoms with Gasteiger partial charge in [0.05, 0.1) is 30.6 Å². The van der Waals surface area contributed by atoms with Crippen LogP contribution in [0.25, 0.3) is 0 Å². The van der Waals surface area contributed by atoms with Gasteiger partial charge in [0.2, 0.25) is 0 Å². The van der Waals surface area contributed by atoms with E-state index in [2.05, 4.69) is 10.00 Å². The lowest BCUT2D eigenvalue weighted by Gasteiger charge is -2.47. The Hall–Kier alpha value is -1.44. The number of likely N-dealkylation sites (tertiary alicyclic amines) is 1. The number of ether oxygens (including phenoxy) is 2. The number of anilines is 1. The predicted molar refractivity (Wildman–Crippen MR) is 84.3 cm³/mol. The van der Waals surface area contributed by atoms with E-state index in [-0.39, 0.29) is 18.1 Å². The number of carbonyl (C=O) groups excluding carboxylic acids is 1. The highest BCUT2D eigenvalue weighted by Gasteiger charge is 2.44. The second-order valence-electron chi connectivity index (χ2n) is 6.88. The van der Waals surface area contributed by atoms with Crippen molar-refractivity contribution in [3.63, 3.8) is 0 Å². The minimum atomic E-state index is -0.209. The molecule has 1 aromatic heterocycles. The summed E-state index contributed by atoms with van der Waals surface area (Å²) in [6.07, 6.45) is 6.71. The highest BCUT2D eigenvalue weighted by molar-refractivity contribution is 5.94. The van der Waals surface area contributed by atoms with Gasteiger partial charge in [0.1, 0.15) is 6.61 Å². The third-order valence-corrected chi connectivity index (χ3v) is 5.38.